The topological polar surface area (TPSA) is 105 Å². The summed E-state index contributed by atoms with van der Waals surface area (Å²) >= 11 is 0. The number of carboxylic acids is 1. The van der Waals surface area contributed by atoms with Crippen LogP contribution in [0.1, 0.15) is 15.9 Å². The maximum absolute atomic E-state index is 11.1. The number of carbonyl (C=O) groups is 1. The fourth-order valence-electron chi connectivity index (χ4n) is 1.87. The molecule has 108 valence electrons. The fraction of sp³-hybridized carbons (Fsp3) is 0.143. The lowest BCUT2D eigenvalue weighted by atomic mass is 10.0. The zero-order valence-corrected chi connectivity index (χ0v) is 11.0. The van der Waals surface area contributed by atoms with E-state index in [2.05, 4.69) is 10.3 Å². The summed E-state index contributed by atoms with van der Waals surface area (Å²) in [6.07, 6.45) is 1.69. The summed E-state index contributed by atoms with van der Waals surface area (Å²) in [5.74, 6) is -0.451. The standard InChI is InChI=1S/C14H13N3O4/c18-14(19)12-4-2-1-3-10(12)7-8-15-13-6-5-11(9-16-13)17(20)21/h1-6,9H,7-8H2,(H,15,16)(H,18,19). The molecule has 0 atom stereocenters. The van der Waals surface area contributed by atoms with Crippen LogP contribution in [0.5, 0.6) is 0 Å². The molecular weight excluding hydrogens is 274 g/mol. The van der Waals surface area contributed by atoms with Crippen LogP contribution in [-0.2, 0) is 6.42 Å². The van der Waals surface area contributed by atoms with Crippen molar-refractivity contribution in [2.45, 2.75) is 6.42 Å². The molecular formula is C14H13N3O4. The van der Waals surface area contributed by atoms with Crippen molar-refractivity contribution in [3.05, 3.63) is 63.8 Å². The first-order valence-electron chi connectivity index (χ1n) is 6.23. The highest BCUT2D eigenvalue weighted by Gasteiger charge is 2.09. The minimum absolute atomic E-state index is 0.0724. The Morgan fingerprint density at radius 3 is 2.67 bits per heavy atom. The highest BCUT2D eigenvalue weighted by Crippen LogP contribution is 2.13. The maximum Gasteiger partial charge on any atom is 0.335 e. The molecule has 0 unspecified atom stereocenters. The van der Waals surface area contributed by atoms with Gasteiger partial charge < -0.3 is 10.4 Å². The molecule has 0 fully saturated rings. The smallest absolute Gasteiger partial charge is 0.335 e. The van der Waals surface area contributed by atoms with E-state index in [4.69, 9.17) is 5.11 Å². The number of aromatic carboxylic acids is 1. The third-order valence-corrected chi connectivity index (χ3v) is 2.91. The minimum atomic E-state index is -0.959. The summed E-state index contributed by atoms with van der Waals surface area (Å²) in [6, 6.07) is 9.65. The molecule has 0 spiro atoms. The molecule has 2 aromatic rings. The Morgan fingerprint density at radius 2 is 2.05 bits per heavy atom. The fourth-order valence-corrected chi connectivity index (χ4v) is 1.87. The molecule has 0 saturated carbocycles. The van der Waals surface area contributed by atoms with Gasteiger partial charge in [0.05, 0.1) is 10.5 Å². The van der Waals surface area contributed by atoms with Gasteiger partial charge in [0.25, 0.3) is 5.69 Å². The summed E-state index contributed by atoms with van der Waals surface area (Å²) in [5, 5.41) is 22.6. The first kappa shape index (κ1) is 14.4. The highest BCUT2D eigenvalue weighted by atomic mass is 16.6. The van der Waals surface area contributed by atoms with Crippen LogP contribution in [-0.4, -0.2) is 27.5 Å². The second kappa shape index (κ2) is 6.47. The number of pyridine rings is 1. The lowest BCUT2D eigenvalue weighted by Crippen LogP contribution is -2.09. The molecule has 21 heavy (non-hydrogen) atoms. The van der Waals surface area contributed by atoms with E-state index in [0.29, 0.717) is 18.8 Å². The van der Waals surface area contributed by atoms with E-state index in [9.17, 15) is 14.9 Å². The van der Waals surface area contributed by atoms with Gasteiger partial charge in [0.1, 0.15) is 12.0 Å². The van der Waals surface area contributed by atoms with E-state index in [1.54, 1.807) is 24.3 Å². The first-order valence-corrected chi connectivity index (χ1v) is 6.23. The quantitative estimate of drug-likeness (QED) is 0.624. The van der Waals surface area contributed by atoms with Gasteiger partial charge in [-0.15, -0.1) is 0 Å². The highest BCUT2D eigenvalue weighted by molar-refractivity contribution is 5.89. The van der Waals surface area contributed by atoms with Crippen molar-refractivity contribution >= 4 is 17.5 Å². The van der Waals surface area contributed by atoms with E-state index in [-0.39, 0.29) is 11.3 Å². The van der Waals surface area contributed by atoms with Crippen LogP contribution in [0.25, 0.3) is 0 Å². The zero-order valence-electron chi connectivity index (χ0n) is 11.0. The second-order valence-electron chi connectivity index (χ2n) is 4.30. The molecule has 0 saturated heterocycles. The Kier molecular flexibility index (Phi) is 4.45. The largest absolute Gasteiger partial charge is 0.478 e. The first-order chi connectivity index (χ1) is 10.1. The van der Waals surface area contributed by atoms with Gasteiger partial charge in [-0.05, 0) is 24.1 Å². The van der Waals surface area contributed by atoms with Crippen molar-refractivity contribution in [2.24, 2.45) is 0 Å². The number of carboxylic acid groups (broad SMARTS) is 1. The normalized spacial score (nSPS) is 10.1. The molecule has 2 N–H and O–H groups in total. The van der Waals surface area contributed by atoms with Gasteiger partial charge in [-0.25, -0.2) is 9.78 Å². The van der Waals surface area contributed by atoms with Gasteiger partial charge in [0, 0.05) is 12.6 Å². The number of hydrogen-bond donors (Lipinski definition) is 2. The average molecular weight is 287 g/mol. The molecule has 1 aromatic carbocycles. The van der Waals surface area contributed by atoms with Crippen molar-refractivity contribution in [2.75, 3.05) is 11.9 Å². The molecule has 0 radical (unpaired) electrons. The second-order valence-corrected chi connectivity index (χ2v) is 4.30. The van der Waals surface area contributed by atoms with Crippen LogP contribution in [0.15, 0.2) is 42.6 Å². The number of nitro groups is 1. The monoisotopic (exact) mass is 287 g/mol. The van der Waals surface area contributed by atoms with Crippen molar-refractivity contribution in [3.8, 4) is 0 Å². The Morgan fingerprint density at radius 1 is 1.29 bits per heavy atom. The molecule has 0 aliphatic heterocycles. The number of nitrogens with zero attached hydrogens (tertiary/aromatic N) is 2. The molecule has 1 heterocycles. The molecule has 1 aromatic heterocycles. The van der Waals surface area contributed by atoms with Crippen LogP contribution in [0.3, 0.4) is 0 Å². The number of hydrogen-bond acceptors (Lipinski definition) is 5. The summed E-state index contributed by atoms with van der Waals surface area (Å²) in [7, 11) is 0. The summed E-state index contributed by atoms with van der Waals surface area (Å²) in [4.78, 5) is 25.0. The zero-order chi connectivity index (χ0) is 15.2. The van der Waals surface area contributed by atoms with Crippen molar-refractivity contribution in [3.63, 3.8) is 0 Å². The number of rotatable bonds is 6. The van der Waals surface area contributed by atoms with Crippen molar-refractivity contribution in [1.82, 2.24) is 4.98 Å². The minimum Gasteiger partial charge on any atom is -0.478 e. The molecule has 0 aliphatic rings. The van der Waals surface area contributed by atoms with E-state index in [1.165, 1.54) is 18.3 Å². The van der Waals surface area contributed by atoms with E-state index < -0.39 is 10.9 Å². The number of anilines is 1. The van der Waals surface area contributed by atoms with E-state index in [0.717, 1.165) is 5.56 Å². The van der Waals surface area contributed by atoms with E-state index >= 15 is 0 Å². The van der Waals surface area contributed by atoms with Gasteiger partial charge in [-0.3, -0.25) is 10.1 Å². The van der Waals surface area contributed by atoms with Crippen LogP contribution in [0.4, 0.5) is 11.5 Å². The molecule has 7 nitrogen and oxygen atoms in total. The van der Waals surface area contributed by atoms with Crippen molar-refractivity contribution < 1.29 is 14.8 Å². The number of aromatic nitrogens is 1. The molecule has 7 heteroatoms. The third-order valence-electron chi connectivity index (χ3n) is 2.91. The average Bonchev–Trinajstić information content (AvgIpc) is 2.48. The van der Waals surface area contributed by atoms with Gasteiger partial charge in [-0.2, -0.15) is 0 Å². The Bertz CT molecular complexity index is 656. The number of benzene rings is 1. The van der Waals surface area contributed by atoms with Gasteiger partial charge >= 0.3 is 5.97 Å². The predicted octanol–water partition coefficient (Wildman–Crippen LogP) is 2.34. The Labute approximate surface area is 120 Å². The van der Waals surface area contributed by atoms with Crippen LogP contribution in [0.2, 0.25) is 0 Å². The lowest BCUT2D eigenvalue weighted by Gasteiger charge is -2.07. The molecule has 0 aliphatic carbocycles. The summed E-state index contributed by atoms with van der Waals surface area (Å²) < 4.78 is 0. The number of nitrogens with one attached hydrogen (secondary N) is 1. The van der Waals surface area contributed by atoms with E-state index in [1.807, 2.05) is 0 Å². The Balaban J connectivity index is 1.95. The van der Waals surface area contributed by atoms with Crippen LogP contribution < -0.4 is 5.32 Å². The maximum atomic E-state index is 11.1. The SMILES string of the molecule is O=C(O)c1ccccc1CCNc1ccc([N+](=O)[O-])cn1. The third kappa shape index (κ3) is 3.75. The lowest BCUT2D eigenvalue weighted by molar-refractivity contribution is -0.385. The summed E-state index contributed by atoms with van der Waals surface area (Å²) in [6.45, 7) is 0.481. The summed E-state index contributed by atoms with van der Waals surface area (Å²) in [5.41, 5.74) is 0.923. The molecule has 2 rings (SSSR count). The van der Waals surface area contributed by atoms with Gasteiger partial charge in [0.15, 0.2) is 0 Å². The van der Waals surface area contributed by atoms with Crippen LogP contribution >= 0.6 is 0 Å². The predicted molar refractivity (Wildman–Crippen MR) is 76.5 cm³/mol. The molecule has 0 bridgehead atoms. The Hall–Kier alpha value is -2.96. The van der Waals surface area contributed by atoms with Gasteiger partial charge in [0.2, 0.25) is 0 Å². The van der Waals surface area contributed by atoms with Crippen molar-refractivity contribution in [1.29, 1.82) is 0 Å². The van der Waals surface area contributed by atoms with Crippen LogP contribution in [0, 0.1) is 10.1 Å². The van der Waals surface area contributed by atoms with Gasteiger partial charge in [-0.1, -0.05) is 18.2 Å². The molecule has 0 amide bonds.